The van der Waals surface area contributed by atoms with Gasteiger partial charge in [-0.05, 0) is 74.9 Å². The summed E-state index contributed by atoms with van der Waals surface area (Å²) in [5, 5.41) is 3.61. The standard InChI is InChI=1S/C30H29ClN6O2/c1-20-26(15-22(31)17-33-20)29(38)34-23-11-9-21(10-12-23)18-36-27-7-2-3-8-28(27)37(30(36)39)25-6-4-5-24(16-25)35-14-13-32-19-35/h2-8,13-17,19,21,23H,9-12,18H2,1H3,(H,34,38)/t21-,23-. The van der Waals surface area contributed by atoms with Gasteiger partial charge in [-0.15, -0.1) is 0 Å². The molecule has 0 bridgehead atoms. The number of hydrogen-bond donors (Lipinski definition) is 1. The highest BCUT2D eigenvalue weighted by Crippen LogP contribution is 2.28. The number of amides is 1. The van der Waals surface area contributed by atoms with Gasteiger partial charge in [0, 0.05) is 36.9 Å². The van der Waals surface area contributed by atoms with E-state index in [4.69, 9.17) is 11.6 Å². The normalized spacial score (nSPS) is 17.4. The maximum Gasteiger partial charge on any atom is 0.333 e. The van der Waals surface area contributed by atoms with E-state index in [1.165, 1.54) is 0 Å². The van der Waals surface area contributed by atoms with Crippen LogP contribution in [-0.2, 0) is 6.54 Å². The molecule has 1 saturated carbocycles. The van der Waals surface area contributed by atoms with E-state index < -0.39 is 0 Å². The molecular formula is C30H29ClN6O2. The summed E-state index contributed by atoms with van der Waals surface area (Å²) in [6.45, 7) is 2.45. The quantitative estimate of drug-likeness (QED) is 0.316. The van der Waals surface area contributed by atoms with Crippen molar-refractivity contribution in [3.05, 3.63) is 106 Å². The Bertz CT molecular complexity index is 1700. The van der Waals surface area contributed by atoms with E-state index in [1.807, 2.05) is 70.8 Å². The summed E-state index contributed by atoms with van der Waals surface area (Å²) in [6.07, 6.45) is 10.5. The fourth-order valence-corrected chi connectivity index (χ4v) is 5.74. The molecule has 1 aliphatic rings. The lowest BCUT2D eigenvalue weighted by molar-refractivity contribution is 0.0919. The number of fused-ring (bicyclic) bond motifs is 1. The molecule has 1 fully saturated rings. The largest absolute Gasteiger partial charge is 0.349 e. The first-order valence-corrected chi connectivity index (χ1v) is 13.6. The highest BCUT2D eigenvalue weighted by molar-refractivity contribution is 6.30. The number of nitrogens with zero attached hydrogens (tertiary/aromatic N) is 5. The Morgan fingerprint density at radius 3 is 2.56 bits per heavy atom. The van der Waals surface area contributed by atoms with Crippen LogP contribution in [0.3, 0.4) is 0 Å². The van der Waals surface area contributed by atoms with Crippen LogP contribution in [0, 0.1) is 12.8 Å². The molecule has 1 amide bonds. The third-order valence-electron chi connectivity index (χ3n) is 7.65. The van der Waals surface area contributed by atoms with E-state index in [9.17, 15) is 9.59 Å². The molecule has 3 aromatic heterocycles. The average molecular weight is 541 g/mol. The van der Waals surface area contributed by atoms with Gasteiger partial charge >= 0.3 is 5.69 Å². The van der Waals surface area contributed by atoms with Crippen LogP contribution < -0.4 is 11.0 Å². The molecule has 3 heterocycles. The van der Waals surface area contributed by atoms with E-state index in [0.29, 0.717) is 28.7 Å². The smallest absolute Gasteiger partial charge is 0.333 e. The average Bonchev–Trinajstić information content (AvgIpc) is 3.58. The first-order valence-electron chi connectivity index (χ1n) is 13.2. The molecule has 198 valence electrons. The molecular weight excluding hydrogens is 512 g/mol. The summed E-state index contributed by atoms with van der Waals surface area (Å²) in [6, 6.07) is 17.6. The van der Waals surface area contributed by atoms with E-state index in [2.05, 4.69) is 15.3 Å². The number of imidazole rings is 2. The van der Waals surface area contributed by atoms with E-state index >= 15 is 0 Å². The van der Waals surface area contributed by atoms with Gasteiger partial charge in [0.1, 0.15) is 0 Å². The second-order valence-electron chi connectivity index (χ2n) is 10.2. The van der Waals surface area contributed by atoms with Crippen molar-refractivity contribution in [3.8, 4) is 11.4 Å². The van der Waals surface area contributed by atoms with Crippen molar-refractivity contribution in [2.45, 2.75) is 45.2 Å². The fraction of sp³-hybridized carbons (Fsp3) is 0.267. The maximum absolute atomic E-state index is 13.8. The van der Waals surface area contributed by atoms with Crippen LogP contribution in [0.15, 0.2) is 84.3 Å². The SMILES string of the molecule is Cc1ncc(Cl)cc1C(=O)N[C@H]1CC[C@H](Cn2c(=O)n(-c3cccc(-n4ccnc4)c3)c3ccccc32)CC1. The number of rotatable bonds is 6. The molecule has 0 radical (unpaired) electrons. The summed E-state index contributed by atoms with van der Waals surface area (Å²) in [5.74, 6) is 0.213. The predicted octanol–water partition coefficient (Wildman–Crippen LogP) is 5.32. The number of para-hydroxylation sites is 2. The van der Waals surface area contributed by atoms with E-state index in [0.717, 1.165) is 48.1 Å². The zero-order valence-corrected chi connectivity index (χ0v) is 22.4. The summed E-state index contributed by atoms with van der Waals surface area (Å²) in [4.78, 5) is 35.0. The number of halogens is 1. The zero-order valence-electron chi connectivity index (χ0n) is 21.6. The molecule has 1 N–H and O–H groups in total. The minimum atomic E-state index is -0.136. The lowest BCUT2D eigenvalue weighted by atomic mass is 9.85. The molecule has 9 heteroatoms. The van der Waals surface area contributed by atoms with Crippen molar-refractivity contribution in [2.24, 2.45) is 5.92 Å². The number of aryl methyl sites for hydroxylation is 1. The summed E-state index contributed by atoms with van der Waals surface area (Å²) in [5.41, 5.74) is 4.71. The van der Waals surface area contributed by atoms with E-state index in [1.54, 1.807) is 29.4 Å². The van der Waals surface area contributed by atoms with Gasteiger partial charge < -0.3 is 9.88 Å². The number of carbonyl (C=O) groups excluding carboxylic acids is 1. The van der Waals surface area contributed by atoms with Crippen molar-refractivity contribution in [2.75, 3.05) is 0 Å². The Morgan fingerprint density at radius 2 is 1.79 bits per heavy atom. The van der Waals surface area contributed by atoms with Gasteiger partial charge in [-0.2, -0.15) is 0 Å². The lowest BCUT2D eigenvalue weighted by Gasteiger charge is -2.29. The molecule has 0 saturated heterocycles. The molecule has 6 rings (SSSR count). The van der Waals surface area contributed by atoms with Crippen LogP contribution in [0.1, 0.15) is 41.7 Å². The molecule has 0 unspecified atom stereocenters. The Hall–Kier alpha value is -4.17. The van der Waals surface area contributed by atoms with Crippen LogP contribution in [-0.4, -0.2) is 35.6 Å². The second kappa shape index (κ2) is 10.5. The van der Waals surface area contributed by atoms with Gasteiger partial charge in [-0.25, -0.2) is 9.78 Å². The minimum absolute atomic E-state index is 0.0432. The number of pyridine rings is 1. The predicted molar refractivity (Wildman–Crippen MR) is 152 cm³/mol. The first-order chi connectivity index (χ1) is 19.0. The van der Waals surface area contributed by atoms with Gasteiger partial charge in [-0.3, -0.25) is 18.9 Å². The Labute approximate surface area is 230 Å². The summed E-state index contributed by atoms with van der Waals surface area (Å²) < 4.78 is 5.63. The lowest BCUT2D eigenvalue weighted by Crippen LogP contribution is -2.39. The number of carbonyl (C=O) groups is 1. The van der Waals surface area contributed by atoms with Gasteiger partial charge in [0.2, 0.25) is 0 Å². The zero-order chi connectivity index (χ0) is 26.9. The topological polar surface area (TPSA) is 86.7 Å². The molecule has 2 aromatic carbocycles. The third-order valence-corrected chi connectivity index (χ3v) is 7.85. The highest BCUT2D eigenvalue weighted by Gasteiger charge is 2.25. The van der Waals surface area contributed by atoms with Gasteiger partial charge in [0.05, 0.1) is 39.3 Å². The number of nitrogens with one attached hydrogen (secondary N) is 1. The van der Waals surface area contributed by atoms with Gasteiger partial charge in [-0.1, -0.05) is 29.8 Å². The van der Waals surface area contributed by atoms with Gasteiger partial charge in [0.25, 0.3) is 5.91 Å². The highest BCUT2D eigenvalue weighted by atomic mass is 35.5. The number of aromatic nitrogens is 5. The van der Waals surface area contributed by atoms with Gasteiger partial charge in [0.15, 0.2) is 0 Å². The van der Waals surface area contributed by atoms with E-state index in [-0.39, 0.29) is 17.6 Å². The Morgan fingerprint density at radius 1 is 1.03 bits per heavy atom. The van der Waals surface area contributed by atoms with Crippen LogP contribution in [0.25, 0.3) is 22.4 Å². The number of benzene rings is 2. The second-order valence-corrected chi connectivity index (χ2v) is 10.6. The van der Waals surface area contributed by atoms with Crippen molar-refractivity contribution in [3.63, 3.8) is 0 Å². The van der Waals surface area contributed by atoms with Crippen LogP contribution in [0.2, 0.25) is 5.02 Å². The van der Waals surface area contributed by atoms with Crippen LogP contribution >= 0.6 is 11.6 Å². The Balaban J connectivity index is 1.20. The minimum Gasteiger partial charge on any atom is -0.349 e. The molecule has 5 aromatic rings. The monoisotopic (exact) mass is 540 g/mol. The Kier molecular flexibility index (Phi) is 6.79. The summed E-state index contributed by atoms with van der Waals surface area (Å²) in [7, 11) is 0. The molecule has 0 atom stereocenters. The third kappa shape index (κ3) is 5.00. The fourth-order valence-electron chi connectivity index (χ4n) is 5.59. The molecule has 8 nitrogen and oxygen atoms in total. The van der Waals surface area contributed by atoms with Crippen LogP contribution in [0.5, 0.6) is 0 Å². The van der Waals surface area contributed by atoms with Crippen LogP contribution in [0.4, 0.5) is 0 Å². The summed E-state index contributed by atoms with van der Waals surface area (Å²) >= 11 is 6.05. The van der Waals surface area contributed by atoms with Crippen molar-refractivity contribution >= 4 is 28.5 Å². The van der Waals surface area contributed by atoms with Crippen molar-refractivity contribution in [1.82, 2.24) is 29.0 Å². The molecule has 1 aliphatic carbocycles. The first kappa shape index (κ1) is 25.1. The molecule has 0 aliphatic heterocycles. The van der Waals surface area contributed by atoms with Crippen molar-refractivity contribution < 1.29 is 4.79 Å². The molecule has 39 heavy (non-hydrogen) atoms. The number of hydrogen-bond acceptors (Lipinski definition) is 4. The van der Waals surface area contributed by atoms with Crippen molar-refractivity contribution in [1.29, 1.82) is 0 Å². The molecule has 0 spiro atoms. The maximum atomic E-state index is 13.8.